The number of imidazole rings is 1. The van der Waals surface area contributed by atoms with Crippen molar-refractivity contribution in [3.63, 3.8) is 0 Å². The van der Waals surface area contributed by atoms with E-state index in [9.17, 15) is 0 Å². The number of hydrogen-bond donors (Lipinski definition) is 4. The summed E-state index contributed by atoms with van der Waals surface area (Å²) in [5, 5.41) is 8.99. The average Bonchev–Trinajstić information content (AvgIpc) is 2.62. The van der Waals surface area contributed by atoms with E-state index in [1.807, 2.05) is 19.1 Å². The molecule has 0 radical (unpaired) electrons. The molecule has 4 N–H and O–H groups in total. The van der Waals surface area contributed by atoms with Gasteiger partial charge in [0.05, 0.1) is 6.20 Å². The van der Waals surface area contributed by atoms with Crippen LogP contribution in [-0.4, -0.2) is 20.1 Å². The van der Waals surface area contributed by atoms with Crippen molar-refractivity contribution >= 4 is 11.8 Å². The molecule has 0 aromatic carbocycles. The Labute approximate surface area is 86.4 Å². The molecule has 0 atom stereocenters. The normalized spacial score (nSPS) is 9.93. The van der Waals surface area contributed by atoms with E-state index >= 15 is 0 Å². The Morgan fingerprint density at radius 1 is 1.33 bits per heavy atom. The molecule has 0 saturated carbocycles. The largest absolute Gasteiger partial charge is 0.493 e. The van der Waals surface area contributed by atoms with Crippen molar-refractivity contribution in [2.75, 3.05) is 10.9 Å². The number of aromatic nitrogens is 3. The maximum absolute atomic E-state index is 8.99. The Hall–Kier alpha value is -2.24. The van der Waals surface area contributed by atoms with Crippen LogP contribution in [-0.2, 0) is 0 Å². The van der Waals surface area contributed by atoms with Gasteiger partial charge >= 0.3 is 0 Å². The van der Waals surface area contributed by atoms with Gasteiger partial charge in [-0.1, -0.05) is 0 Å². The van der Waals surface area contributed by atoms with Crippen molar-refractivity contribution in [3.8, 4) is 5.88 Å². The van der Waals surface area contributed by atoms with E-state index in [0.717, 1.165) is 5.56 Å². The molecule has 0 aliphatic heterocycles. The first-order valence-corrected chi connectivity index (χ1v) is 4.43. The van der Waals surface area contributed by atoms with E-state index < -0.39 is 0 Å². The van der Waals surface area contributed by atoms with Crippen LogP contribution >= 0.6 is 0 Å². The van der Waals surface area contributed by atoms with E-state index in [4.69, 9.17) is 5.11 Å². The molecule has 2 aromatic rings. The number of hydrazine groups is 1. The van der Waals surface area contributed by atoms with Crippen molar-refractivity contribution in [2.24, 2.45) is 0 Å². The van der Waals surface area contributed by atoms with Gasteiger partial charge in [0.15, 0.2) is 0 Å². The smallest absolute Gasteiger partial charge is 0.222 e. The van der Waals surface area contributed by atoms with Gasteiger partial charge in [0.25, 0.3) is 0 Å². The second-order valence-corrected chi connectivity index (χ2v) is 3.09. The summed E-state index contributed by atoms with van der Waals surface area (Å²) >= 11 is 0. The van der Waals surface area contributed by atoms with Crippen LogP contribution in [0.25, 0.3) is 0 Å². The van der Waals surface area contributed by atoms with Gasteiger partial charge in [-0.2, -0.15) is 0 Å². The molecule has 0 bridgehead atoms. The third-order valence-electron chi connectivity index (χ3n) is 1.79. The van der Waals surface area contributed by atoms with Crippen LogP contribution in [0.2, 0.25) is 0 Å². The molecule has 78 valence electrons. The zero-order valence-corrected chi connectivity index (χ0v) is 8.15. The molecule has 0 aliphatic carbocycles. The van der Waals surface area contributed by atoms with Gasteiger partial charge in [-0.05, 0) is 24.6 Å². The highest BCUT2D eigenvalue weighted by molar-refractivity contribution is 5.43. The highest BCUT2D eigenvalue weighted by Crippen LogP contribution is 2.09. The average molecular weight is 205 g/mol. The van der Waals surface area contributed by atoms with Gasteiger partial charge in [0, 0.05) is 6.20 Å². The van der Waals surface area contributed by atoms with Gasteiger partial charge in [-0.25, -0.2) is 9.97 Å². The van der Waals surface area contributed by atoms with E-state index in [0.29, 0.717) is 11.8 Å². The highest BCUT2D eigenvalue weighted by atomic mass is 16.3. The molecule has 0 amide bonds. The predicted octanol–water partition coefficient (Wildman–Crippen LogP) is 1.26. The quantitative estimate of drug-likeness (QED) is 0.567. The van der Waals surface area contributed by atoms with Gasteiger partial charge in [-0.3, -0.25) is 15.8 Å². The van der Waals surface area contributed by atoms with Crippen LogP contribution in [0.1, 0.15) is 5.56 Å². The van der Waals surface area contributed by atoms with Crippen LogP contribution in [0.3, 0.4) is 0 Å². The monoisotopic (exact) mass is 205 g/mol. The predicted molar refractivity (Wildman–Crippen MR) is 56.5 cm³/mol. The van der Waals surface area contributed by atoms with Crippen molar-refractivity contribution in [1.29, 1.82) is 0 Å². The summed E-state index contributed by atoms with van der Waals surface area (Å²) < 4.78 is 0. The lowest BCUT2D eigenvalue weighted by Crippen LogP contribution is -2.10. The first-order valence-electron chi connectivity index (χ1n) is 4.43. The number of rotatable bonds is 3. The number of H-pyrrole nitrogens is 1. The third-order valence-corrected chi connectivity index (χ3v) is 1.79. The maximum Gasteiger partial charge on any atom is 0.222 e. The molecule has 0 saturated heterocycles. The topological polar surface area (TPSA) is 85.9 Å². The number of hydrogen-bond acceptors (Lipinski definition) is 5. The summed E-state index contributed by atoms with van der Waals surface area (Å²) in [5.74, 6) is 1.12. The number of pyridine rings is 1. The summed E-state index contributed by atoms with van der Waals surface area (Å²) in [6.07, 6.45) is 3.02. The van der Waals surface area contributed by atoms with Crippen molar-refractivity contribution in [3.05, 3.63) is 30.1 Å². The Morgan fingerprint density at radius 2 is 2.20 bits per heavy atom. The number of aromatic amines is 1. The van der Waals surface area contributed by atoms with Gasteiger partial charge in [0.2, 0.25) is 11.8 Å². The first kappa shape index (κ1) is 9.32. The number of anilines is 2. The SMILES string of the molecule is Cc1ccnc(NNc2ncc(O)[nH]2)c1. The van der Waals surface area contributed by atoms with Crippen LogP contribution < -0.4 is 10.9 Å². The van der Waals surface area contributed by atoms with Gasteiger partial charge in [-0.15, -0.1) is 0 Å². The zero-order valence-electron chi connectivity index (χ0n) is 8.15. The molecule has 6 heteroatoms. The summed E-state index contributed by atoms with van der Waals surface area (Å²) in [4.78, 5) is 10.5. The highest BCUT2D eigenvalue weighted by Gasteiger charge is 1.97. The molecule has 2 heterocycles. The first-order chi connectivity index (χ1) is 7.24. The molecular formula is C9H11N5O. The Bertz CT molecular complexity index is 453. The zero-order chi connectivity index (χ0) is 10.7. The van der Waals surface area contributed by atoms with Gasteiger partial charge in [0.1, 0.15) is 5.82 Å². The van der Waals surface area contributed by atoms with E-state index in [1.165, 1.54) is 6.20 Å². The molecule has 6 nitrogen and oxygen atoms in total. The lowest BCUT2D eigenvalue weighted by molar-refractivity contribution is 0.457. The Kier molecular flexibility index (Phi) is 2.40. The number of aryl methyl sites for hydroxylation is 1. The summed E-state index contributed by atoms with van der Waals surface area (Å²) in [7, 11) is 0. The standard InChI is InChI=1S/C9H11N5O/c1-6-2-3-10-7(4-6)13-14-9-11-5-8(15)12-9/h2-5,15H,1H3,(H,10,13)(H2,11,12,14). The second-order valence-electron chi connectivity index (χ2n) is 3.09. The second kappa shape index (κ2) is 3.87. The third kappa shape index (κ3) is 2.37. The molecule has 2 aromatic heterocycles. The number of aromatic hydroxyl groups is 1. The van der Waals surface area contributed by atoms with E-state index in [2.05, 4.69) is 25.8 Å². The fourth-order valence-electron chi connectivity index (χ4n) is 1.10. The van der Waals surface area contributed by atoms with E-state index in [1.54, 1.807) is 6.20 Å². The maximum atomic E-state index is 8.99. The van der Waals surface area contributed by atoms with Crippen LogP contribution in [0, 0.1) is 6.92 Å². The van der Waals surface area contributed by atoms with Crippen molar-refractivity contribution in [1.82, 2.24) is 15.0 Å². The minimum atomic E-state index is 0.0106. The molecule has 15 heavy (non-hydrogen) atoms. The fraction of sp³-hybridized carbons (Fsp3) is 0.111. The molecular weight excluding hydrogens is 194 g/mol. The van der Waals surface area contributed by atoms with Gasteiger partial charge < -0.3 is 5.11 Å². The minimum Gasteiger partial charge on any atom is -0.493 e. The molecule has 0 aliphatic rings. The lowest BCUT2D eigenvalue weighted by Gasteiger charge is -2.05. The number of nitrogens with zero attached hydrogens (tertiary/aromatic N) is 2. The fourth-order valence-corrected chi connectivity index (χ4v) is 1.10. The van der Waals surface area contributed by atoms with Crippen LogP contribution in [0.15, 0.2) is 24.5 Å². The molecule has 0 fully saturated rings. The Balaban J connectivity index is 1.99. The van der Waals surface area contributed by atoms with E-state index in [-0.39, 0.29) is 5.88 Å². The Morgan fingerprint density at radius 3 is 2.87 bits per heavy atom. The van der Waals surface area contributed by atoms with Crippen molar-refractivity contribution < 1.29 is 5.11 Å². The summed E-state index contributed by atoms with van der Waals surface area (Å²) in [5.41, 5.74) is 6.73. The minimum absolute atomic E-state index is 0.0106. The summed E-state index contributed by atoms with van der Waals surface area (Å²) in [6, 6.07) is 3.79. The van der Waals surface area contributed by atoms with Crippen LogP contribution in [0.4, 0.5) is 11.8 Å². The van der Waals surface area contributed by atoms with Crippen molar-refractivity contribution in [2.45, 2.75) is 6.92 Å². The summed E-state index contributed by atoms with van der Waals surface area (Å²) in [6.45, 7) is 1.98. The molecule has 2 rings (SSSR count). The lowest BCUT2D eigenvalue weighted by atomic mass is 10.3. The molecule has 0 spiro atoms. The molecule has 0 unspecified atom stereocenters. The van der Waals surface area contributed by atoms with Crippen LogP contribution in [0.5, 0.6) is 5.88 Å². The number of nitrogens with one attached hydrogen (secondary N) is 3.